The molecule has 4 rings (SSSR count). The quantitative estimate of drug-likeness (QED) is 0.601. The van der Waals surface area contributed by atoms with Crippen molar-refractivity contribution in [2.75, 3.05) is 12.4 Å². The summed E-state index contributed by atoms with van der Waals surface area (Å²) in [6.45, 7) is 0. The largest absolute Gasteiger partial charge is 0.497 e. The van der Waals surface area contributed by atoms with E-state index in [1.165, 1.54) is 0 Å². The molecule has 0 bridgehead atoms. The molecule has 3 aromatic heterocycles. The predicted octanol–water partition coefficient (Wildman–Crippen LogP) is 2.07. The monoisotopic (exact) mass is 335 g/mol. The van der Waals surface area contributed by atoms with Crippen LogP contribution < -0.4 is 10.1 Å². The molecule has 3 heterocycles. The first-order valence-electron chi connectivity index (χ1n) is 7.78. The van der Waals surface area contributed by atoms with Crippen molar-refractivity contribution < 1.29 is 4.74 Å². The fraction of sp³-hybridized carbons (Fsp3) is 0.176. The van der Waals surface area contributed by atoms with E-state index in [2.05, 4.69) is 25.5 Å². The number of anilines is 1. The zero-order valence-electron chi connectivity index (χ0n) is 13.9. The summed E-state index contributed by atoms with van der Waals surface area (Å²) in [6.07, 6.45) is 8.84. The Bertz CT molecular complexity index is 1010. The summed E-state index contributed by atoms with van der Waals surface area (Å²) in [4.78, 5) is 8.92. The zero-order chi connectivity index (χ0) is 17.2. The molecule has 126 valence electrons. The first-order valence-corrected chi connectivity index (χ1v) is 7.78. The van der Waals surface area contributed by atoms with Crippen LogP contribution in [0, 0.1) is 0 Å². The Kier molecular flexibility index (Phi) is 3.77. The van der Waals surface area contributed by atoms with E-state index in [1.54, 1.807) is 25.8 Å². The minimum atomic E-state index is -0.217. The third kappa shape index (κ3) is 2.78. The average Bonchev–Trinajstić information content (AvgIpc) is 3.29. The smallest absolute Gasteiger partial charge is 0.203 e. The Hall–Kier alpha value is -3.42. The summed E-state index contributed by atoms with van der Waals surface area (Å²) in [5.41, 5.74) is 1.67. The molecule has 1 aromatic carbocycles. The van der Waals surface area contributed by atoms with Gasteiger partial charge in [-0.3, -0.25) is 4.40 Å². The Morgan fingerprint density at radius 3 is 2.84 bits per heavy atom. The van der Waals surface area contributed by atoms with Crippen LogP contribution >= 0.6 is 0 Å². The van der Waals surface area contributed by atoms with Gasteiger partial charge in [0.25, 0.3) is 0 Å². The van der Waals surface area contributed by atoms with Gasteiger partial charge in [-0.2, -0.15) is 0 Å². The highest BCUT2D eigenvalue weighted by molar-refractivity contribution is 5.63. The lowest BCUT2D eigenvalue weighted by Crippen LogP contribution is -2.18. The zero-order valence-corrected chi connectivity index (χ0v) is 13.9. The Morgan fingerprint density at radius 2 is 2.04 bits per heavy atom. The highest BCUT2D eigenvalue weighted by Gasteiger charge is 2.21. The van der Waals surface area contributed by atoms with Gasteiger partial charge in [0, 0.05) is 31.8 Å². The lowest BCUT2D eigenvalue weighted by Gasteiger charge is -2.20. The number of fused-ring (bicyclic) bond motifs is 1. The van der Waals surface area contributed by atoms with E-state index in [0.29, 0.717) is 11.5 Å². The molecular weight excluding hydrogens is 318 g/mol. The van der Waals surface area contributed by atoms with E-state index in [0.717, 1.165) is 17.1 Å². The van der Waals surface area contributed by atoms with E-state index in [1.807, 2.05) is 52.7 Å². The van der Waals surface area contributed by atoms with Crippen LogP contribution in [0.3, 0.4) is 0 Å². The van der Waals surface area contributed by atoms with Crippen molar-refractivity contribution in [2.45, 2.75) is 6.04 Å². The highest BCUT2D eigenvalue weighted by Crippen LogP contribution is 2.28. The second-order valence-electron chi connectivity index (χ2n) is 5.59. The maximum atomic E-state index is 5.36. The third-order valence-electron chi connectivity index (χ3n) is 4.04. The number of rotatable bonds is 5. The number of aryl methyl sites for hydroxylation is 1. The van der Waals surface area contributed by atoms with E-state index < -0.39 is 0 Å². The standard InChI is InChI=1S/C17H17N7O/c1-23-8-6-19-16(23)14(12-4-3-5-13(10-12)25-2)21-15-17-22-20-11-24(17)9-7-18-15/h3-11,14H,1-2H3,(H,18,21). The number of benzene rings is 1. The molecule has 0 aliphatic rings. The number of methoxy groups -OCH3 is 1. The molecule has 0 fully saturated rings. The van der Waals surface area contributed by atoms with E-state index in [-0.39, 0.29) is 6.04 Å². The SMILES string of the molecule is COc1cccc(C(Nc2nccn3cnnc23)c2nccn2C)c1. The molecule has 0 amide bonds. The Balaban J connectivity index is 1.80. The van der Waals surface area contributed by atoms with Gasteiger partial charge in [0.15, 0.2) is 5.82 Å². The molecule has 0 saturated heterocycles. The van der Waals surface area contributed by atoms with Gasteiger partial charge in [-0.25, -0.2) is 9.97 Å². The highest BCUT2D eigenvalue weighted by atomic mass is 16.5. The van der Waals surface area contributed by atoms with Gasteiger partial charge in [-0.05, 0) is 17.7 Å². The number of ether oxygens (including phenoxy) is 1. The molecule has 1 unspecified atom stereocenters. The maximum Gasteiger partial charge on any atom is 0.203 e. The van der Waals surface area contributed by atoms with Gasteiger partial charge in [0.1, 0.15) is 23.9 Å². The molecule has 1 N–H and O–H groups in total. The number of hydrogen-bond acceptors (Lipinski definition) is 6. The first-order chi connectivity index (χ1) is 12.3. The summed E-state index contributed by atoms with van der Waals surface area (Å²) in [7, 11) is 3.61. The second-order valence-corrected chi connectivity index (χ2v) is 5.59. The molecule has 4 aromatic rings. The van der Waals surface area contributed by atoms with Gasteiger partial charge in [0.05, 0.1) is 7.11 Å². The van der Waals surface area contributed by atoms with Crippen molar-refractivity contribution in [3.63, 3.8) is 0 Å². The van der Waals surface area contributed by atoms with Crippen LogP contribution in [-0.4, -0.2) is 36.2 Å². The van der Waals surface area contributed by atoms with Crippen LogP contribution in [0.25, 0.3) is 5.65 Å². The molecule has 0 aliphatic carbocycles. The minimum Gasteiger partial charge on any atom is -0.497 e. The number of aromatic nitrogens is 6. The maximum absolute atomic E-state index is 5.36. The fourth-order valence-corrected chi connectivity index (χ4v) is 2.77. The van der Waals surface area contributed by atoms with Crippen LogP contribution in [0.5, 0.6) is 5.75 Å². The average molecular weight is 335 g/mol. The summed E-state index contributed by atoms with van der Waals surface area (Å²) < 4.78 is 9.15. The van der Waals surface area contributed by atoms with Crippen molar-refractivity contribution in [2.24, 2.45) is 7.05 Å². The normalized spacial score (nSPS) is 12.2. The van der Waals surface area contributed by atoms with Gasteiger partial charge >= 0.3 is 0 Å². The van der Waals surface area contributed by atoms with Crippen LogP contribution in [0.15, 0.2) is 55.4 Å². The summed E-state index contributed by atoms with van der Waals surface area (Å²) in [6, 6.07) is 7.66. The first kappa shape index (κ1) is 15.1. The number of hydrogen-bond donors (Lipinski definition) is 1. The molecule has 8 heteroatoms. The molecule has 1 atom stereocenters. The molecular formula is C17H17N7O. The van der Waals surface area contributed by atoms with E-state index in [9.17, 15) is 0 Å². The number of imidazole rings is 1. The molecule has 25 heavy (non-hydrogen) atoms. The van der Waals surface area contributed by atoms with Crippen molar-refractivity contribution in [3.05, 3.63) is 66.8 Å². The Morgan fingerprint density at radius 1 is 1.16 bits per heavy atom. The number of nitrogens with one attached hydrogen (secondary N) is 1. The topological polar surface area (TPSA) is 82.2 Å². The van der Waals surface area contributed by atoms with Gasteiger partial charge in [0.2, 0.25) is 5.65 Å². The summed E-state index contributed by atoms with van der Waals surface area (Å²) in [5, 5.41) is 11.5. The van der Waals surface area contributed by atoms with Crippen LogP contribution in [0.2, 0.25) is 0 Å². The van der Waals surface area contributed by atoms with Gasteiger partial charge in [-0.1, -0.05) is 12.1 Å². The minimum absolute atomic E-state index is 0.217. The molecule has 0 radical (unpaired) electrons. The molecule has 8 nitrogen and oxygen atoms in total. The van der Waals surface area contributed by atoms with Crippen molar-refractivity contribution in [3.8, 4) is 5.75 Å². The van der Waals surface area contributed by atoms with Crippen LogP contribution in [0.4, 0.5) is 5.82 Å². The molecule has 0 aliphatic heterocycles. The molecule has 0 spiro atoms. The lowest BCUT2D eigenvalue weighted by atomic mass is 10.1. The molecule has 0 saturated carbocycles. The van der Waals surface area contributed by atoms with E-state index in [4.69, 9.17) is 4.74 Å². The second kappa shape index (κ2) is 6.23. The summed E-state index contributed by atoms with van der Waals surface area (Å²) >= 11 is 0. The number of nitrogens with zero attached hydrogens (tertiary/aromatic N) is 6. The van der Waals surface area contributed by atoms with Crippen molar-refractivity contribution in [1.29, 1.82) is 0 Å². The van der Waals surface area contributed by atoms with Gasteiger partial charge in [-0.15, -0.1) is 10.2 Å². The third-order valence-corrected chi connectivity index (χ3v) is 4.04. The predicted molar refractivity (Wildman–Crippen MR) is 92.4 cm³/mol. The summed E-state index contributed by atoms with van der Waals surface area (Å²) in [5.74, 6) is 2.28. The van der Waals surface area contributed by atoms with Crippen molar-refractivity contribution >= 4 is 11.5 Å². The fourth-order valence-electron chi connectivity index (χ4n) is 2.77. The Labute approximate surface area is 144 Å². The van der Waals surface area contributed by atoms with Gasteiger partial charge < -0.3 is 14.6 Å². The lowest BCUT2D eigenvalue weighted by molar-refractivity contribution is 0.414. The van der Waals surface area contributed by atoms with Crippen LogP contribution in [0.1, 0.15) is 17.4 Å². The van der Waals surface area contributed by atoms with E-state index >= 15 is 0 Å². The van der Waals surface area contributed by atoms with Crippen molar-refractivity contribution in [1.82, 2.24) is 29.1 Å². The van der Waals surface area contributed by atoms with Crippen LogP contribution in [-0.2, 0) is 7.05 Å².